The van der Waals surface area contributed by atoms with Gasteiger partial charge in [-0.2, -0.15) is 0 Å². The maximum atomic E-state index is 14.3. The number of pyridine rings is 2. The van der Waals surface area contributed by atoms with Gasteiger partial charge in [0, 0.05) is 31.5 Å². The molecule has 0 fully saturated rings. The van der Waals surface area contributed by atoms with Crippen molar-refractivity contribution < 1.29 is 18.6 Å². The summed E-state index contributed by atoms with van der Waals surface area (Å²) in [5.74, 6) is 0.519. The van der Waals surface area contributed by atoms with Crippen LogP contribution in [0.2, 0.25) is 0 Å². The Kier molecular flexibility index (Phi) is 6.66. The van der Waals surface area contributed by atoms with Crippen molar-refractivity contribution in [3.8, 4) is 17.4 Å². The van der Waals surface area contributed by atoms with Gasteiger partial charge in [-0.1, -0.05) is 6.07 Å². The normalized spacial score (nSPS) is 12.6. The van der Waals surface area contributed by atoms with Crippen LogP contribution in [0.4, 0.5) is 20.3 Å². The number of ether oxygens (including phenoxy) is 1. The van der Waals surface area contributed by atoms with Gasteiger partial charge in [-0.25, -0.2) is 23.3 Å². The number of nitrogens with one attached hydrogen (secondary N) is 2. The highest BCUT2D eigenvalue weighted by Crippen LogP contribution is 2.26. The molecule has 4 rings (SSSR count). The van der Waals surface area contributed by atoms with Gasteiger partial charge in [-0.05, 0) is 37.6 Å². The molecule has 0 aliphatic rings. The fourth-order valence-corrected chi connectivity index (χ4v) is 3.20. The number of rotatable bonds is 9. The van der Waals surface area contributed by atoms with Crippen molar-refractivity contribution in [1.29, 1.82) is 0 Å². The number of alkyl halides is 1. The van der Waals surface area contributed by atoms with Crippen LogP contribution in [0.3, 0.4) is 0 Å². The number of aromatic nitrogens is 5. The fourth-order valence-electron chi connectivity index (χ4n) is 3.20. The third-order valence-electron chi connectivity index (χ3n) is 5.13. The number of halogens is 2. The maximum absolute atomic E-state index is 14.3. The molecule has 4 aromatic rings. The number of hydrogen-bond donors (Lipinski definition) is 3. The molecule has 0 aromatic carbocycles. The molecular weight excluding hydrogens is 444 g/mol. The second-order valence-corrected chi connectivity index (χ2v) is 8.26. The molecule has 178 valence electrons. The van der Waals surface area contributed by atoms with Gasteiger partial charge in [0.25, 0.3) is 0 Å². The van der Waals surface area contributed by atoms with Crippen LogP contribution in [0.5, 0.6) is 5.88 Å². The third-order valence-corrected chi connectivity index (χ3v) is 5.13. The Morgan fingerprint density at radius 1 is 1.24 bits per heavy atom. The molecule has 34 heavy (non-hydrogen) atoms. The molecule has 0 radical (unpaired) electrons. The van der Waals surface area contributed by atoms with Gasteiger partial charge in [-0.3, -0.25) is 4.98 Å². The van der Waals surface area contributed by atoms with E-state index in [1.165, 1.54) is 33.2 Å². The van der Waals surface area contributed by atoms with E-state index in [0.717, 1.165) is 11.8 Å². The van der Waals surface area contributed by atoms with E-state index >= 15 is 0 Å². The highest BCUT2D eigenvalue weighted by molar-refractivity contribution is 5.75. The SMILES string of the molecule is COc1cccc(-c2nc(Nc3ccncc3F)c3cc(CNCC(F)C(C)(C)O)cn3n2)n1. The van der Waals surface area contributed by atoms with E-state index < -0.39 is 17.6 Å². The first-order valence-electron chi connectivity index (χ1n) is 10.6. The first-order chi connectivity index (χ1) is 16.2. The molecule has 4 heterocycles. The van der Waals surface area contributed by atoms with E-state index in [1.807, 2.05) is 6.07 Å². The van der Waals surface area contributed by atoms with E-state index in [2.05, 4.69) is 30.7 Å². The summed E-state index contributed by atoms with van der Waals surface area (Å²) >= 11 is 0. The number of anilines is 2. The van der Waals surface area contributed by atoms with E-state index in [-0.39, 0.29) is 12.2 Å². The number of hydrogen-bond acceptors (Lipinski definition) is 8. The largest absolute Gasteiger partial charge is 0.481 e. The zero-order valence-corrected chi connectivity index (χ0v) is 19.0. The topological polar surface area (TPSA) is 109 Å². The maximum Gasteiger partial charge on any atom is 0.213 e. The number of nitrogens with zero attached hydrogens (tertiary/aromatic N) is 5. The molecule has 0 amide bonds. The average molecular weight is 469 g/mol. The van der Waals surface area contributed by atoms with Crippen LogP contribution in [-0.2, 0) is 6.54 Å². The summed E-state index contributed by atoms with van der Waals surface area (Å²) in [5.41, 5.74) is 0.615. The second kappa shape index (κ2) is 9.65. The van der Waals surface area contributed by atoms with Crippen LogP contribution in [0.1, 0.15) is 19.4 Å². The Morgan fingerprint density at radius 2 is 2.06 bits per heavy atom. The molecule has 9 nitrogen and oxygen atoms in total. The van der Waals surface area contributed by atoms with Crippen LogP contribution in [0.15, 0.2) is 48.9 Å². The van der Waals surface area contributed by atoms with E-state index in [9.17, 15) is 13.9 Å². The molecule has 0 aliphatic heterocycles. The highest BCUT2D eigenvalue weighted by Gasteiger charge is 2.25. The van der Waals surface area contributed by atoms with Crippen LogP contribution in [-0.4, -0.2) is 55.1 Å². The van der Waals surface area contributed by atoms with Crippen molar-refractivity contribution in [1.82, 2.24) is 29.9 Å². The smallest absolute Gasteiger partial charge is 0.213 e. The van der Waals surface area contributed by atoms with Crippen LogP contribution < -0.4 is 15.4 Å². The minimum absolute atomic E-state index is 0.0202. The summed E-state index contributed by atoms with van der Waals surface area (Å²) in [6.07, 6.45) is 2.91. The van der Waals surface area contributed by atoms with Crippen LogP contribution in [0.25, 0.3) is 17.0 Å². The molecule has 4 aromatic heterocycles. The van der Waals surface area contributed by atoms with Crippen molar-refractivity contribution in [2.24, 2.45) is 0 Å². The molecule has 3 N–H and O–H groups in total. The van der Waals surface area contributed by atoms with Gasteiger partial charge in [0.15, 0.2) is 11.6 Å². The predicted octanol–water partition coefficient (Wildman–Crippen LogP) is 3.28. The Balaban J connectivity index is 1.69. The molecule has 0 spiro atoms. The molecular formula is C23H25F2N7O2. The van der Waals surface area contributed by atoms with Crippen molar-refractivity contribution in [3.05, 3.63) is 60.3 Å². The second-order valence-electron chi connectivity index (χ2n) is 8.26. The summed E-state index contributed by atoms with van der Waals surface area (Å²) in [4.78, 5) is 12.7. The first-order valence-corrected chi connectivity index (χ1v) is 10.6. The lowest BCUT2D eigenvalue weighted by molar-refractivity contribution is -0.00239. The van der Waals surface area contributed by atoms with Gasteiger partial charge >= 0.3 is 0 Å². The lowest BCUT2D eigenvalue weighted by atomic mass is 10.0. The minimum Gasteiger partial charge on any atom is -0.481 e. The van der Waals surface area contributed by atoms with Crippen molar-refractivity contribution in [2.45, 2.75) is 32.2 Å². The van der Waals surface area contributed by atoms with Gasteiger partial charge in [0.2, 0.25) is 11.7 Å². The Bertz CT molecular complexity index is 1290. The van der Waals surface area contributed by atoms with Crippen molar-refractivity contribution >= 4 is 17.0 Å². The van der Waals surface area contributed by atoms with Gasteiger partial charge < -0.3 is 20.5 Å². The Morgan fingerprint density at radius 3 is 2.79 bits per heavy atom. The van der Waals surface area contributed by atoms with Gasteiger partial charge in [0.1, 0.15) is 17.4 Å². The summed E-state index contributed by atoms with van der Waals surface area (Å²) < 4.78 is 35.1. The molecule has 11 heteroatoms. The molecule has 0 saturated heterocycles. The molecule has 0 bridgehead atoms. The third kappa shape index (κ3) is 5.26. The Labute approximate surface area is 194 Å². The molecule has 0 saturated carbocycles. The number of fused-ring (bicyclic) bond motifs is 1. The number of methoxy groups -OCH3 is 1. The summed E-state index contributed by atoms with van der Waals surface area (Å²) in [6, 6.07) is 8.53. The van der Waals surface area contributed by atoms with Crippen LogP contribution in [0, 0.1) is 5.82 Å². The fraction of sp³-hybridized carbons (Fsp3) is 0.304. The van der Waals surface area contributed by atoms with Gasteiger partial charge in [0.05, 0.1) is 24.6 Å². The van der Waals surface area contributed by atoms with Crippen molar-refractivity contribution in [2.75, 3.05) is 19.0 Å². The number of aliphatic hydroxyl groups is 1. The Hall–Kier alpha value is -3.70. The van der Waals surface area contributed by atoms with E-state index in [0.29, 0.717) is 35.3 Å². The zero-order valence-electron chi connectivity index (χ0n) is 19.0. The van der Waals surface area contributed by atoms with E-state index in [4.69, 9.17) is 4.74 Å². The summed E-state index contributed by atoms with van der Waals surface area (Å²) in [7, 11) is 1.51. The zero-order chi connectivity index (χ0) is 24.3. The highest BCUT2D eigenvalue weighted by atomic mass is 19.1. The standard InChI is InChI=1S/C23H25F2N7O2/c1-23(2,33)19(25)12-27-10-14-9-18-22(29-16-7-8-26-11-15(16)24)30-21(31-32(18)13-14)17-5-4-6-20(28-17)34-3/h4-9,11,13,19,27,33H,10,12H2,1-3H3,(H,26,29,30,31). The first kappa shape index (κ1) is 23.5. The predicted molar refractivity (Wildman–Crippen MR) is 123 cm³/mol. The molecule has 1 unspecified atom stereocenters. The van der Waals surface area contributed by atoms with Crippen LogP contribution >= 0.6 is 0 Å². The van der Waals surface area contributed by atoms with E-state index in [1.54, 1.807) is 28.9 Å². The quantitative estimate of drug-likeness (QED) is 0.343. The lowest BCUT2D eigenvalue weighted by Gasteiger charge is -2.22. The molecule has 1 atom stereocenters. The lowest BCUT2D eigenvalue weighted by Crippen LogP contribution is -2.39. The van der Waals surface area contributed by atoms with Crippen molar-refractivity contribution in [3.63, 3.8) is 0 Å². The minimum atomic E-state index is -1.44. The molecule has 0 aliphatic carbocycles. The average Bonchev–Trinajstić information content (AvgIpc) is 3.23. The summed E-state index contributed by atoms with van der Waals surface area (Å²) in [6.45, 7) is 3.15. The van der Waals surface area contributed by atoms with Gasteiger partial charge in [-0.15, -0.1) is 5.10 Å². The summed E-state index contributed by atoms with van der Waals surface area (Å²) in [5, 5.41) is 20.3. The monoisotopic (exact) mass is 469 g/mol.